The molecule has 2 aromatic rings. The molecule has 0 fully saturated rings. The van der Waals surface area contributed by atoms with Crippen molar-refractivity contribution in [3.63, 3.8) is 0 Å². The molecular formula is C14H16FN3O. The van der Waals surface area contributed by atoms with Gasteiger partial charge in [-0.05, 0) is 19.1 Å². The van der Waals surface area contributed by atoms with E-state index in [2.05, 4.69) is 10.3 Å². The molecule has 3 N–H and O–H groups in total. The number of benzene rings is 1. The van der Waals surface area contributed by atoms with Gasteiger partial charge in [0.15, 0.2) is 11.6 Å². The number of hydrogen-bond acceptors (Lipinski definition) is 4. The summed E-state index contributed by atoms with van der Waals surface area (Å²) in [4.78, 5) is 4.37. The predicted molar refractivity (Wildman–Crippen MR) is 73.7 cm³/mol. The summed E-state index contributed by atoms with van der Waals surface area (Å²) in [5, 5.41) is 3.12. The van der Waals surface area contributed by atoms with E-state index >= 15 is 0 Å². The van der Waals surface area contributed by atoms with E-state index < -0.39 is 5.82 Å². The number of pyridine rings is 1. The van der Waals surface area contributed by atoms with Crippen LogP contribution in [0.5, 0.6) is 5.75 Å². The maximum absolute atomic E-state index is 13.4. The zero-order valence-corrected chi connectivity index (χ0v) is 10.9. The summed E-state index contributed by atoms with van der Waals surface area (Å²) in [5.41, 5.74) is 8.57. The van der Waals surface area contributed by atoms with Crippen LogP contribution >= 0.6 is 0 Å². The molecule has 0 aliphatic heterocycles. The minimum atomic E-state index is -0.473. The van der Waals surface area contributed by atoms with Crippen molar-refractivity contribution in [2.45, 2.75) is 13.5 Å². The number of ether oxygens (including phenoxy) is 1. The molecule has 1 heterocycles. The Hall–Kier alpha value is -2.30. The largest absolute Gasteiger partial charge is 0.494 e. The van der Waals surface area contributed by atoms with E-state index in [1.165, 1.54) is 13.2 Å². The molecule has 4 nitrogen and oxygen atoms in total. The summed E-state index contributed by atoms with van der Waals surface area (Å²) in [6.07, 6.45) is 0. The van der Waals surface area contributed by atoms with Crippen molar-refractivity contribution in [2.24, 2.45) is 0 Å². The second-order valence-electron chi connectivity index (χ2n) is 4.20. The number of methoxy groups -OCH3 is 1. The fourth-order valence-electron chi connectivity index (χ4n) is 1.76. The molecule has 0 atom stereocenters. The number of nitrogen functional groups attached to an aromatic ring is 1. The fourth-order valence-corrected chi connectivity index (χ4v) is 1.76. The number of hydrogen-bond donors (Lipinski definition) is 2. The van der Waals surface area contributed by atoms with Crippen LogP contribution < -0.4 is 15.8 Å². The minimum Gasteiger partial charge on any atom is -0.494 e. The lowest BCUT2D eigenvalue weighted by Crippen LogP contribution is -2.05. The zero-order chi connectivity index (χ0) is 13.8. The Morgan fingerprint density at radius 2 is 2.16 bits per heavy atom. The third kappa shape index (κ3) is 3.13. The van der Waals surface area contributed by atoms with E-state index in [0.717, 1.165) is 11.4 Å². The second-order valence-corrected chi connectivity index (χ2v) is 4.20. The molecule has 100 valence electrons. The lowest BCUT2D eigenvalue weighted by Gasteiger charge is -2.11. The number of aromatic nitrogens is 1. The van der Waals surface area contributed by atoms with Gasteiger partial charge in [-0.2, -0.15) is 0 Å². The van der Waals surface area contributed by atoms with Crippen LogP contribution in [0.25, 0.3) is 0 Å². The van der Waals surface area contributed by atoms with Gasteiger partial charge in [0.1, 0.15) is 0 Å². The Kier molecular flexibility index (Phi) is 3.85. The molecule has 0 saturated heterocycles. The SMILES string of the molecule is COc1cc(NCc2cccc(C)n2)c(N)cc1F. The number of anilines is 2. The topological polar surface area (TPSA) is 60.2 Å². The number of halogens is 1. The summed E-state index contributed by atoms with van der Waals surface area (Å²) in [6.45, 7) is 2.44. The van der Waals surface area contributed by atoms with Crippen LogP contribution in [0.1, 0.15) is 11.4 Å². The zero-order valence-electron chi connectivity index (χ0n) is 10.9. The number of rotatable bonds is 4. The fraction of sp³-hybridized carbons (Fsp3) is 0.214. The van der Waals surface area contributed by atoms with Crippen LogP contribution in [0, 0.1) is 12.7 Å². The van der Waals surface area contributed by atoms with E-state index in [1.807, 2.05) is 25.1 Å². The molecule has 0 unspecified atom stereocenters. The lowest BCUT2D eigenvalue weighted by atomic mass is 10.2. The highest BCUT2D eigenvalue weighted by molar-refractivity contribution is 5.68. The van der Waals surface area contributed by atoms with Crippen molar-refractivity contribution >= 4 is 11.4 Å². The minimum absolute atomic E-state index is 0.161. The third-order valence-corrected chi connectivity index (χ3v) is 2.73. The average Bonchev–Trinajstić information content (AvgIpc) is 2.38. The highest BCUT2D eigenvalue weighted by Crippen LogP contribution is 2.28. The van der Waals surface area contributed by atoms with Crippen molar-refractivity contribution in [3.8, 4) is 5.75 Å². The van der Waals surface area contributed by atoms with Crippen LogP contribution in [-0.4, -0.2) is 12.1 Å². The van der Waals surface area contributed by atoms with Crippen molar-refractivity contribution in [2.75, 3.05) is 18.2 Å². The molecule has 1 aromatic carbocycles. The van der Waals surface area contributed by atoms with E-state index in [0.29, 0.717) is 17.9 Å². The normalized spacial score (nSPS) is 10.3. The van der Waals surface area contributed by atoms with Gasteiger partial charge in [-0.25, -0.2) is 4.39 Å². The Bertz CT molecular complexity index is 587. The standard InChI is InChI=1S/C14H16FN3O/c1-9-4-3-5-10(18-9)8-17-13-7-14(19-2)11(15)6-12(13)16/h3-7,17H,8,16H2,1-2H3. The average molecular weight is 261 g/mol. The number of nitrogens with zero attached hydrogens (tertiary/aromatic N) is 1. The lowest BCUT2D eigenvalue weighted by molar-refractivity contribution is 0.387. The van der Waals surface area contributed by atoms with Gasteiger partial charge in [-0.15, -0.1) is 0 Å². The van der Waals surface area contributed by atoms with Crippen molar-refractivity contribution in [1.82, 2.24) is 4.98 Å². The van der Waals surface area contributed by atoms with E-state index in [1.54, 1.807) is 6.07 Å². The Morgan fingerprint density at radius 1 is 1.37 bits per heavy atom. The van der Waals surface area contributed by atoms with E-state index in [9.17, 15) is 4.39 Å². The Labute approximate surface area is 111 Å². The molecule has 0 aliphatic rings. The molecule has 5 heteroatoms. The first-order valence-corrected chi connectivity index (χ1v) is 5.89. The van der Waals surface area contributed by atoms with Gasteiger partial charge >= 0.3 is 0 Å². The molecule has 0 bridgehead atoms. The first-order chi connectivity index (χ1) is 9.10. The molecule has 0 aliphatic carbocycles. The van der Waals surface area contributed by atoms with E-state index in [-0.39, 0.29) is 5.75 Å². The van der Waals surface area contributed by atoms with Crippen LogP contribution in [0.4, 0.5) is 15.8 Å². The van der Waals surface area contributed by atoms with Crippen LogP contribution in [0.2, 0.25) is 0 Å². The highest BCUT2D eigenvalue weighted by Gasteiger charge is 2.08. The Balaban J connectivity index is 2.15. The summed E-state index contributed by atoms with van der Waals surface area (Å²) >= 11 is 0. The second kappa shape index (κ2) is 5.56. The van der Waals surface area contributed by atoms with Crippen LogP contribution in [-0.2, 0) is 6.54 Å². The summed E-state index contributed by atoms with van der Waals surface area (Å²) < 4.78 is 18.3. The van der Waals surface area contributed by atoms with Crippen molar-refractivity contribution in [1.29, 1.82) is 0 Å². The van der Waals surface area contributed by atoms with Crippen LogP contribution in [0.15, 0.2) is 30.3 Å². The monoisotopic (exact) mass is 261 g/mol. The molecule has 1 aromatic heterocycles. The van der Waals surface area contributed by atoms with Crippen LogP contribution in [0.3, 0.4) is 0 Å². The Morgan fingerprint density at radius 3 is 2.84 bits per heavy atom. The van der Waals surface area contributed by atoms with E-state index in [4.69, 9.17) is 10.5 Å². The third-order valence-electron chi connectivity index (χ3n) is 2.73. The summed E-state index contributed by atoms with van der Waals surface area (Å²) in [5.74, 6) is -0.312. The first-order valence-electron chi connectivity index (χ1n) is 5.89. The van der Waals surface area contributed by atoms with Gasteiger partial charge in [0.2, 0.25) is 0 Å². The van der Waals surface area contributed by atoms with Gasteiger partial charge in [0.05, 0.1) is 30.7 Å². The van der Waals surface area contributed by atoms with Crippen molar-refractivity contribution in [3.05, 3.63) is 47.5 Å². The highest BCUT2D eigenvalue weighted by atomic mass is 19.1. The maximum atomic E-state index is 13.4. The molecule has 0 spiro atoms. The first kappa shape index (κ1) is 13.1. The maximum Gasteiger partial charge on any atom is 0.167 e. The predicted octanol–water partition coefficient (Wildman–Crippen LogP) is 2.73. The summed E-state index contributed by atoms with van der Waals surface area (Å²) in [6, 6.07) is 8.56. The number of aryl methyl sites for hydroxylation is 1. The van der Waals surface area contributed by atoms with Gasteiger partial charge in [-0.1, -0.05) is 6.07 Å². The van der Waals surface area contributed by atoms with Gasteiger partial charge in [0, 0.05) is 17.8 Å². The smallest absolute Gasteiger partial charge is 0.167 e. The molecule has 0 amide bonds. The number of nitrogens with two attached hydrogens (primary N) is 1. The molecule has 0 radical (unpaired) electrons. The van der Waals surface area contributed by atoms with Crippen molar-refractivity contribution < 1.29 is 9.13 Å². The molecule has 19 heavy (non-hydrogen) atoms. The quantitative estimate of drug-likeness (QED) is 0.831. The number of nitrogens with one attached hydrogen (secondary N) is 1. The van der Waals surface area contributed by atoms with Gasteiger partial charge in [0.25, 0.3) is 0 Å². The molecule has 0 saturated carbocycles. The molecular weight excluding hydrogens is 245 g/mol. The summed E-state index contributed by atoms with van der Waals surface area (Å²) in [7, 11) is 1.42. The van der Waals surface area contributed by atoms with Gasteiger partial charge < -0.3 is 15.8 Å². The van der Waals surface area contributed by atoms with Gasteiger partial charge in [-0.3, -0.25) is 4.98 Å². The molecule has 2 rings (SSSR count).